The fraction of sp³-hybridized carbons (Fsp3) is 0.423. The quantitative estimate of drug-likeness (QED) is 0.511. The monoisotopic (exact) mass is 419 g/mol. The summed E-state index contributed by atoms with van der Waals surface area (Å²) in [6.07, 6.45) is 12.0. The largest absolute Gasteiger partial charge is 0.497 e. The number of anilines is 1. The fourth-order valence-corrected chi connectivity index (χ4v) is 4.12. The van der Waals surface area contributed by atoms with Gasteiger partial charge in [-0.1, -0.05) is 24.3 Å². The first-order chi connectivity index (χ1) is 15.3. The summed E-state index contributed by atoms with van der Waals surface area (Å²) in [4.78, 5) is 7.06. The van der Waals surface area contributed by atoms with Gasteiger partial charge < -0.3 is 19.7 Å². The van der Waals surface area contributed by atoms with Gasteiger partial charge in [0.05, 0.1) is 13.7 Å². The number of allylic oxidation sites excluding steroid dienone is 2. The number of nitrogens with zero attached hydrogens (tertiary/aromatic N) is 2. The van der Waals surface area contributed by atoms with Crippen LogP contribution >= 0.6 is 0 Å². The average molecular weight is 420 g/mol. The van der Waals surface area contributed by atoms with Crippen molar-refractivity contribution in [2.75, 3.05) is 32.1 Å². The van der Waals surface area contributed by atoms with Gasteiger partial charge in [-0.2, -0.15) is 4.98 Å². The molecule has 2 aliphatic rings. The Morgan fingerprint density at radius 1 is 1.03 bits per heavy atom. The molecule has 31 heavy (non-hydrogen) atoms. The summed E-state index contributed by atoms with van der Waals surface area (Å²) in [6, 6.07) is 13.9. The molecule has 2 heterocycles. The van der Waals surface area contributed by atoms with Gasteiger partial charge in [0.1, 0.15) is 11.6 Å². The van der Waals surface area contributed by atoms with E-state index in [0.717, 1.165) is 37.5 Å². The smallest absolute Gasteiger partial charge is 0.215 e. The number of rotatable bonds is 10. The average Bonchev–Trinajstić information content (AvgIpc) is 2.83. The van der Waals surface area contributed by atoms with Crippen LogP contribution in [0.3, 0.4) is 0 Å². The number of hydrogen-bond donors (Lipinski definition) is 1. The molecule has 0 spiro atoms. The SMILES string of the molecule is COc1ccc(CNc2cccc(OCCCCN3C=C4CCCC=C4CC3)n2)cc1. The first-order valence-electron chi connectivity index (χ1n) is 11.4. The van der Waals surface area contributed by atoms with Crippen LogP contribution in [0.15, 0.2) is 65.9 Å². The summed E-state index contributed by atoms with van der Waals surface area (Å²) in [5, 5.41) is 3.36. The summed E-state index contributed by atoms with van der Waals surface area (Å²) in [5.74, 6) is 2.37. The first kappa shape index (κ1) is 21.3. The lowest BCUT2D eigenvalue weighted by atomic mass is 9.90. The maximum Gasteiger partial charge on any atom is 0.215 e. The molecule has 5 heteroatoms. The predicted octanol–water partition coefficient (Wildman–Crippen LogP) is 5.56. The van der Waals surface area contributed by atoms with Gasteiger partial charge in [0.25, 0.3) is 0 Å². The molecular formula is C26H33N3O2. The number of fused-ring (bicyclic) bond motifs is 1. The Hall–Kier alpha value is -2.95. The van der Waals surface area contributed by atoms with Crippen molar-refractivity contribution >= 4 is 5.82 Å². The van der Waals surface area contributed by atoms with E-state index in [1.807, 2.05) is 30.3 Å². The molecule has 0 bridgehead atoms. The summed E-state index contributed by atoms with van der Waals surface area (Å²) < 4.78 is 11.1. The van der Waals surface area contributed by atoms with Crippen molar-refractivity contribution in [3.8, 4) is 11.6 Å². The molecule has 0 saturated carbocycles. The third kappa shape index (κ3) is 6.27. The summed E-state index contributed by atoms with van der Waals surface area (Å²) in [5.41, 5.74) is 4.34. The van der Waals surface area contributed by atoms with Crippen LogP contribution in [-0.2, 0) is 6.54 Å². The van der Waals surface area contributed by atoms with Gasteiger partial charge in [-0.15, -0.1) is 0 Å². The number of unbranched alkanes of at least 4 members (excludes halogenated alkanes) is 1. The highest BCUT2D eigenvalue weighted by Crippen LogP contribution is 2.30. The zero-order valence-electron chi connectivity index (χ0n) is 18.5. The molecule has 1 aliphatic heterocycles. The number of pyridine rings is 1. The van der Waals surface area contributed by atoms with Crippen LogP contribution < -0.4 is 14.8 Å². The van der Waals surface area contributed by atoms with Crippen LogP contribution in [0.25, 0.3) is 0 Å². The van der Waals surface area contributed by atoms with Crippen LogP contribution in [0.5, 0.6) is 11.6 Å². The molecule has 164 valence electrons. The molecule has 1 aliphatic carbocycles. The van der Waals surface area contributed by atoms with Gasteiger partial charge in [0.15, 0.2) is 0 Å². The van der Waals surface area contributed by atoms with Crippen LogP contribution in [0.2, 0.25) is 0 Å². The molecule has 1 N–H and O–H groups in total. The van der Waals surface area contributed by atoms with Crippen LogP contribution in [0.1, 0.15) is 44.1 Å². The summed E-state index contributed by atoms with van der Waals surface area (Å²) in [7, 11) is 1.68. The van der Waals surface area contributed by atoms with E-state index in [9.17, 15) is 0 Å². The van der Waals surface area contributed by atoms with Crippen molar-refractivity contribution in [3.05, 3.63) is 71.5 Å². The van der Waals surface area contributed by atoms with Crippen LogP contribution in [-0.4, -0.2) is 36.7 Å². The number of hydrogen-bond acceptors (Lipinski definition) is 5. The van der Waals surface area contributed by atoms with E-state index in [2.05, 4.69) is 39.6 Å². The van der Waals surface area contributed by atoms with Gasteiger partial charge in [-0.3, -0.25) is 0 Å². The zero-order valence-corrected chi connectivity index (χ0v) is 18.5. The first-order valence-corrected chi connectivity index (χ1v) is 11.4. The van der Waals surface area contributed by atoms with E-state index in [4.69, 9.17) is 9.47 Å². The molecule has 0 fully saturated rings. The Morgan fingerprint density at radius 2 is 1.94 bits per heavy atom. The summed E-state index contributed by atoms with van der Waals surface area (Å²) >= 11 is 0. The minimum Gasteiger partial charge on any atom is -0.497 e. The van der Waals surface area contributed by atoms with E-state index < -0.39 is 0 Å². The van der Waals surface area contributed by atoms with Gasteiger partial charge in [0.2, 0.25) is 5.88 Å². The molecular weight excluding hydrogens is 386 g/mol. The molecule has 0 unspecified atom stereocenters. The number of aromatic nitrogens is 1. The molecule has 0 saturated heterocycles. The van der Waals surface area contributed by atoms with E-state index in [0.29, 0.717) is 19.0 Å². The topological polar surface area (TPSA) is 46.6 Å². The third-order valence-electron chi connectivity index (χ3n) is 5.91. The van der Waals surface area contributed by atoms with E-state index in [1.54, 1.807) is 18.3 Å². The lowest BCUT2D eigenvalue weighted by Crippen LogP contribution is -2.26. The number of ether oxygens (including phenoxy) is 2. The molecule has 1 aromatic heterocycles. The Labute approximate surface area is 185 Å². The highest BCUT2D eigenvalue weighted by molar-refractivity contribution is 5.39. The second-order valence-corrected chi connectivity index (χ2v) is 8.18. The molecule has 1 aromatic carbocycles. The third-order valence-corrected chi connectivity index (χ3v) is 5.91. The molecule has 0 radical (unpaired) electrons. The van der Waals surface area contributed by atoms with E-state index in [1.165, 1.54) is 31.2 Å². The normalized spacial score (nSPS) is 15.6. The second-order valence-electron chi connectivity index (χ2n) is 8.18. The Kier molecular flexibility index (Phi) is 7.48. The molecule has 2 aromatic rings. The number of benzene rings is 1. The van der Waals surface area contributed by atoms with E-state index in [-0.39, 0.29) is 0 Å². The van der Waals surface area contributed by atoms with Crippen LogP contribution in [0.4, 0.5) is 5.82 Å². The van der Waals surface area contributed by atoms with Crippen molar-refractivity contribution in [2.24, 2.45) is 0 Å². The Bertz CT molecular complexity index is 905. The van der Waals surface area contributed by atoms with Gasteiger partial charge in [0, 0.05) is 31.9 Å². The van der Waals surface area contributed by atoms with Gasteiger partial charge in [-0.05, 0) is 73.4 Å². The van der Waals surface area contributed by atoms with Crippen molar-refractivity contribution in [1.82, 2.24) is 9.88 Å². The number of nitrogens with one attached hydrogen (secondary N) is 1. The van der Waals surface area contributed by atoms with Gasteiger partial charge >= 0.3 is 0 Å². The van der Waals surface area contributed by atoms with Gasteiger partial charge in [-0.25, -0.2) is 0 Å². The van der Waals surface area contributed by atoms with Crippen LogP contribution in [0, 0.1) is 0 Å². The maximum atomic E-state index is 5.89. The molecule has 0 atom stereocenters. The Morgan fingerprint density at radius 3 is 2.81 bits per heavy atom. The van der Waals surface area contributed by atoms with Crippen molar-refractivity contribution in [2.45, 2.75) is 45.1 Å². The Balaban J connectivity index is 1.16. The number of methoxy groups -OCH3 is 1. The minimum atomic E-state index is 0.678. The standard InChI is InChI=1S/C26H33N3O2/c1-30-24-13-11-21(12-14-24)19-27-25-9-6-10-26(28-25)31-18-5-4-16-29-17-15-22-7-2-3-8-23(22)20-29/h6-7,9-14,20H,2-5,8,15-19H2,1H3,(H,27,28). The predicted molar refractivity (Wildman–Crippen MR) is 125 cm³/mol. The molecule has 4 rings (SSSR count). The highest BCUT2D eigenvalue weighted by atomic mass is 16.5. The zero-order chi connectivity index (χ0) is 21.3. The second kappa shape index (κ2) is 10.9. The highest BCUT2D eigenvalue weighted by Gasteiger charge is 2.16. The summed E-state index contributed by atoms with van der Waals surface area (Å²) in [6.45, 7) is 3.67. The maximum absolute atomic E-state index is 5.89. The van der Waals surface area contributed by atoms with Crippen molar-refractivity contribution < 1.29 is 9.47 Å². The van der Waals surface area contributed by atoms with Crippen molar-refractivity contribution in [1.29, 1.82) is 0 Å². The molecule has 5 nitrogen and oxygen atoms in total. The minimum absolute atomic E-state index is 0.678. The fourth-order valence-electron chi connectivity index (χ4n) is 4.12. The lowest BCUT2D eigenvalue weighted by molar-refractivity contribution is 0.279. The van der Waals surface area contributed by atoms with E-state index >= 15 is 0 Å². The molecule has 0 amide bonds. The van der Waals surface area contributed by atoms with Crippen molar-refractivity contribution in [3.63, 3.8) is 0 Å². The lowest BCUT2D eigenvalue weighted by Gasteiger charge is -2.30.